The van der Waals surface area contributed by atoms with Crippen molar-refractivity contribution < 1.29 is 4.39 Å². The summed E-state index contributed by atoms with van der Waals surface area (Å²) in [6.45, 7) is 1.13. The van der Waals surface area contributed by atoms with Gasteiger partial charge in [0.1, 0.15) is 12.2 Å². The van der Waals surface area contributed by atoms with Crippen molar-refractivity contribution in [1.82, 2.24) is 5.32 Å². The van der Waals surface area contributed by atoms with Gasteiger partial charge in [0.15, 0.2) is 0 Å². The second kappa shape index (κ2) is 3.05. The zero-order valence-corrected chi connectivity index (χ0v) is 5.77. The second-order valence-electron chi connectivity index (χ2n) is 2.69. The molecule has 10 heavy (non-hydrogen) atoms. The van der Waals surface area contributed by atoms with E-state index in [9.17, 15) is 9.30 Å². The number of hydrogen-bond donors (Lipinski definition) is 1. The first-order valence-electron chi connectivity index (χ1n) is 3.46. The summed E-state index contributed by atoms with van der Waals surface area (Å²) in [6, 6.07) is 0. The first-order chi connectivity index (χ1) is 4.77. The van der Waals surface area contributed by atoms with Crippen molar-refractivity contribution in [2.24, 2.45) is 5.18 Å². The summed E-state index contributed by atoms with van der Waals surface area (Å²) < 4.78 is 13.2. The lowest BCUT2D eigenvalue weighted by atomic mass is 9.95. The molecular formula is C6H11FN2O. The molecule has 1 fully saturated rings. The highest BCUT2D eigenvalue weighted by molar-refractivity contribution is 4.86. The molecule has 0 bridgehead atoms. The van der Waals surface area contributed by atoms with Crippen LogP contribution in [-0.4, -0.2) is 25.3 Å². The molecule has 0 aromatic rings. The highest BCUT2D eigenvalue weighted by Crippen LogP contribution is 2.22. The molecule has 1 saturated heterocycles. The quantitative estimate of drug-likeness (QED) is 0.586. The predicted molar refractivity (Wildman–Crippen MR) is 36.6 cm³/mol. The number of alkyl halides is 1. The Morgan fingerprint density at radius 2 is 2.10 bits per heavy atom. The molecule has 0 atom stereocenters. The van der Waals surface area contributed by atoms with E-state index >= 15 is 0 Å². The van der Waals surface area contributed by atoms with Crippen molar-refractivity contribution in [1.29, 1.82) is 0 Å². The van der Waals surface area contributed by atoms with E-state index in [-0.39, 0.29) is 6.54 Å². The average Bonchev–Trinajstić information content (AvgIpc) is 1.89. The van der Waals surface area contributed by atoms with E-state index in [4.69, 9.17) is 0 Å². The number of nitroso groups, excluding NO2 is 1. The van der Waals surface area contributed by atoms with Crippen LogP contribution in [-0.2, 0) is 0 Å². The van der Waals surface area contributed by atoms with Crippen molar-refractivity contribution in [2.75, 3.05) is 19.6 Å². The Kier molecular flexibility index (Phi) is 2.32. The van der Waals surface area contributed by atoms with Crippen LogP contribution in [0.2, 0.25) is 0 Å². The lowest BCUT2D eigenvalue weighted by molar-refractivity contribution is 0.126. The van der Waals surface area contributed by atoms with Gasteiger partial charge in [-0.2, -0.15) is 4.91 Å². The first-order valence-corrected chi connectivity index (χ1v) is 3.46. The fourth-order valence-electron chi connectivity index (χ4n) is 1.15. The van der Waals surface area contributed by atoms with Gasteiger partial charge < -0.3 is 5.32 Å². The van der Waals surface area contributed by atoms with Gasteiger partial charge in [-0.25, -0.2) is 4.39 Å². The van der Waals surface area contributed by atoms with Gasteiger partial charge in [0.05, 0.1) is 0 Å². The standard InChI is InChI=1S/C6H11FN2O/c7-6(5-9-10)1-3-8-4-2-6/h8H,1-5H2. The van der Waals surface area contributed by atoms with Crippen molar-refractivity contribution in [3.05, 3.63) is 4.91 Å². The van der Waals surface area contributed by atoms with Gasteiger partial charge in [-0.05, 0) is 25.9 Å². The summed E-state index contributed by atoms with van der Waals surface area (Å²) in [4.78, 5) is 9.77. The summed E-state index contributed by atoms with van der Waals surface area (Å²) in [5.74, 6) is 0. The molecule has 58 valence electrons. The smallest absolute Gasteiger partial charge is 0.136 e. The highest BCUT2D eigenvalue weighted by atomic mass is 19.1. The zero-order valence-electron chi connectivity index (χ0n) is 5.77. The molecule has 0 unspecified atom stereocenters. The number of rotatable bonds is 2. The molecule has 0 spiro atoms. The van der Waals surface area contributed by atoms with Crippen LogP contribution in [0, 0.1) is 4.91 Å². The lowest BCUT2D eigenvalue weighted by Gasteiger charge is -2.27. The SMILES string of the molecule is O=NCC1(F)CCNCC1. The molecule has 4 heteroatoms. The molecule has 1 heterocycles. The number of nitrogens with zero attached hydrogens (tertiary/aromatic N) is 1. The number of piperidine rings is 1. The minimum atomic E-state index is -1.31. The molecule has 0 amide bonds. The Balaban J connectivity index is 2.39. The van der Waals surface area contributed by atoms with Gasteiger partial charge >= 0.3 is 0 Å². The Labute approximate surface area is 59.0 Å². The van der Waals surface area contributed by atoms with Crippen LogP contribution >= 0.6 is 0 Å². The van der Waals surface area contributed by atoms with Crippen molar-refractivity contribution in [3.8, 4) is 0 Å². The Hall–Kier alpha value is -0.510. The third-order valence-electron chi connectivity index (χ3n) is 1.85. The molecule has 1 aliphatic rings. The third kappa shape index (κ3) is 1.73. The minimum Gasteiger partial charge on any atom is -0.316 e. The summed E-state index contributed by atoms with van der Waals surface area (Å²) in [5, 5.41) is 5.59. The number of halogens is 1. The summed E-state index contributed by atoms with van der Waals surface area (Å²) in [7, 11) is 0. The molecule has 0 radical (unpaired) electrons. The summed E-state index contributed by atoms with van der Waals surface area (Å²) in [6.07, 6.45) is 0.831. The van der Waals surface area contributed by atoms with Crippen molar-refractivity contribution in [3.63, 3.8) is 0 Å². The number of hydrogen-bond acceptors (Lipinski definition) is 3. The topological polar surface area (TPSA) is 41.5 Å². The van der Waals surface area contributed by atoms with E-state index in [1.165, 1.54) is 0 Å². The van der Waals surface area contributed by atoms with E-state index in [0.717, 1.165) is 0 Å². The molecule has 1 N–H and O–H groups in total. The van der Waals surface area contributed by atoms with Crippen LogP contribution in [0.3, 0.4) is 0 Å². The second-order valence-corrected chi connectivity index (χ2v) is 2.69. The van der Waals surface area contributed by atoms with Gasteiger partial charge in [-0.1, -0.05) is 5.18 Å². The molecule has 0 aliphatic carbocycles. The van der Waals surface area contributed by atoms with E-state index in [1.54, 1.807) is 0 Å². The molecule has 3 nitrogen and oxygen atoms in total. The first kappa shape index (κ1) is 7.60. The van der Waals surface area contributed by atoms with E-state index in [0.29, 0.717) is 25.9 Å². The molecule has 1 rings (SSSR count). The Morgan fingerprint density at radius 1 is 1.50 bits per heavy atom. The highest BCUT2D eigenvalue weighted by Gasteiger charge is 2.31. The van der Waals surface area contributed by atoms with E-state index in [2.05, 4.69) is 10.5 Å². The Bertz CT molecular complexity index is 123. The maximum absolute atomic E-state index is 13.2. The van der Waals surface area contributed by atoms with Gasteiger partial charge in [-0.15, -0.1) is 0 Å². The molecule has 0 aromatic carbocycles. The minimum absolute atomic E-state index is 0.186. The van der Waals surface area contributed by atoms with Crippen LogP contribution in [0.15, 0.2) is 5.18 Å². The van der Waals surface area contributed by atoms with Crippen LogP contribution in [0.4, 0.5) is 4.39 Å². The van der Waals surface area contributed by atoms with Gasteiger partial charge in [0, 0.05) is 0 Å². The molecular weight excluding hydrogens is 135 g/mol. The third-order valence-corrected chi connectivity index (χ3v) is 1.85. The maximum Gasteiger partial charge on any atom is 0.136 e. The van der Waals surface area contributed by atoms with Crippen LogP contribution in [0.5, 0.6) is 0 Å². The molecule has 0 aromatic heterocycles. The predicted octanol–water partition coefficient (Wildman–Crippen LogP) is 0.845. The van der Waals surface area contributed by atoms with Crippen molar-refractivity contribution in [2.45, 2.75) is 18.5 Å². The number of nitrogens with one attached hydrogen (secondary N) is 1. The van der Waals surface area contributed by atoms with Crippen LogP contribution in [0.25, 0.3) is 0 Å². The van der Waals surface area contributed by atoms with Gasteiger partial charge in [0.2, 0.25) is 0 Å². The summed E-state index contributed by atoms with van der Waals surface area (Å²) in [5.41, 5.74) is -1.31. The van der Waals surface area contributed by atoms with Crippen LogP contribution in [0.1, 0.15) is 12.8 Å². The summed E-state index contributed by atoms with van der Waals surface area (Å²) >= 11 is 0. The fourth-order valence-corrected chi connectivity index (χ4v) is 1.15. The normalized spacial score (nSPS) is 24.1. The lowest BCUT2D eigenvalue weighted by Crippen LogP contribution is -2.40. The zero-order chi connectivity index (χ0) is 7.45. The monoisotopic (exact) mass is 146 g/mol. The van der Waals surface area contributed by atoms with E-state index in [1.807, 2.05) is 0 Å². The Morgan fingerprint density at radius 3 is 2.60 bits per heavy atom. The average molecular weight is 146 g/mol. The largest absolute Gasteiger partial charge is 0.316 e. The molecule has 1 aliphatic heterocycles. The maximum atomic E-state index is 13.2. The van der Waals surface area contributed by atoms with E-state index < -0.39 is 5.67 Å². The fraction of sp³-hybridized carbons (Fsp3) is 1.00. The molecule has 0 saturated carbocycles. The van der Waals surface area contributed by atoms with Gasteiger partial charge in [0.25, 0.3) is 0 Å². The van der Waals surface area contributed by atoms with Gasteiger partial charge in [-0.3, -0.25) is 0 Å². The van der Waals surface area contributed by atoms with Crippen LogP contribution < -0.4 is 5.32 Å². The van der Waals surface area contributed by atoms with Crippen molar-refractivity contribution >= 4 is 0 Å².